The summed E-state index contributed by atoms with van der Waals surface area (Å²) < 4.78 is 6.15. The third kappa shape index (κ3) is 3.59. The molecule has 0 spiro atoms. The van der Waals surface area contributed by atoms with Crippen molar-refractivity contribution < 1.29 is 14.3 Å². The molecule has 6 nitrogen and oxygen atoms in total. The van der Waals surface area contributed by atoms with Gasteiger partial charge in [-0.3, -0.25) is 4.98 Å². The smallest absolute Gasteiger partial charge is 0.335 e. The maximum Gasteiger partial charge on any atom is 0.335 e. The van der Waals surface area contributed by atoms with E-state index < -0.39 is 5.97 Å². The van der Waals surface area contributed by atoms with Gasteiger partial charge >= 0.3 is 5.97 Å². The lowest BCUT2D eigenvalue weighted by Crippen LogP contribution is -2.29. The highest BCUT2D eigenvalue weighted by Gasteiger charge is 2.40. The number of aromatic nitrogens is 1. The number of rotatable bonds is 5. The number of nitrogens with zero attached hydrogens (tertiary/aromatic N) is 2. The molecular formula is C21H18ClN3O3S. The van der Waals surface area contributed by atoms with Crippen molar-refractivity contribution in [1.29, 1.82) is 0 Å². The molecule has 2 atom stereocenters. The van der Waals surface area contributed by atoms with Crippen molar-refractivity contribution in [1.82, 2.24) is 15.2 Å². The van der Waals surface area contributed by atoms with Crippen LogP contribution in [0.15, 0.2) is 59.1 Å². The van der Waals surface area contributed by atoms with Crippen LogP contribution in [0.3, 0.4) is 0 Å². The van der Waals surface area contributed by atoms with Crippen molar-refractivity contribution in [3.63, 3.8) is 0 Å². The number of hydrogen-bond donors (Lipinski definition) is 2. The van der Waals surface area contributed by atoms with Crippen LogP contribution in [0.1, 0.15) is 40.8 Å². The number of likely N-dealkylation sites (N-methyl/N-ethyl adjacent to an activating group) is 1. The van der Waals surface area contributed by atoms with E-state index in [0.29, 0.717) is 33.8 Å². The van der Waals surface area contributed by atoms with Crippen LogP contribution in [0.4, 0.5) is 0 Å². The molecule has 1 aromatic carbocycles. The first kappa shape index (κ1) is 19.4. The molecule has 4 rings (SSSR count). The van der Waals surface area contributed by atoms with Crippen LogP contribution in [-0.4, -0.2) is 32.6 Å². The van der Waals surface area contributed by atoms with E-state index >= 15 is 0 Å². The Morgan fingerprint density at radius 3 is 2.83 bits per heavy atom. The summed E-state index contributed by atoms with van der Waals surface area (Å²) in [6, 6.07) is 13.6. The second-order valence-electron chi connectivity index (χ2n) is 6.61. The maximum atomic E-state index is 11.3. The summed E-state index contributed by atoms with van der Waals surface area (Å²) in [6.07, 6.45) is 1.75. The Hall–Kier alpha value is -2.90. The van der Waals surface area contributed by atoms with Crippen molar-refractivity contribution in [2.75, 3.05) is 6.54 Å². The molecule has 8 heteroatoms. The fraction of sp³-hybridized carbons (Fsp3) is 0.190. The van der Waals surface area contributed by atoms with E-state index in [4.69, 9.17) is 28.2 Å². The number of benzene rings is 1. The van der Waals surface area contributed by atoms with Gasteiger partial charge in [0.1, 0.15) is 17.6 Å². The zero-order valence-electron chi connectivity index (χ0n) is 15.5. The Kier molecular flexibility index (Phi) is 5.25. The van der Waals surface area contributed by atoms with Crippen LogP contribution in [0.5, 0.6) is 0 Å². The highest BCUT2D eigenvalue weighted by molar-refractivity contribution is 7.80. The Balaban J connectivity index is 1.75. The molecule has 0 saturated carbocycles. The van der Waals surface area contributed by atoms with E-state index in [-0.39, 0.29) is 17.6 Å². The standard InChI is InChI=1S/C21H18ClN3O3S/c1-2-25-19(18(24-21(25)29)15-5-3-4-10-23-15)17-9-8-16(28-17)13-11-12(20(26)27)6-7-14(13)22/h3-11,18-19H,2H2,1H3,(H,24,29)(H,26,27)/t18-,19+/m0/s1. The molecule has 1 aliphatic rings. The summed E-state index contributed by atoms with van der Waals surface area (Å²) in [7, 11) is 0. The van der Waals surface area contributed by atoms with Gasteiger partial charge < -0.3 is 19.7 Å². The Labute approximate surface area is 178 Å². The zero-order valence-corrected chi connectivity index (χ0v) is 17.1. The third-order valence-electron chi connectivity index (χ3n) is 4.94. The molecule has 0 radical (unpaired) electrons. The van der Waals surface area contributed by atoms with Crippen LogP contribution in [-0.2, 0) is 0 Å². The van der Waals surface area contributed by atoms with Crippen molar-refractivity contribution >= 4 is 34.9 Å². The van der Waals surface area contributed by atoms with Gasteiger partial charge in [0.25, 0.3) is 0 Å². The molecule has 0 unspecified atom stereocenters. The molecule has 1 fully saturated rings. The van der Waals surface area contributed by atoms with Crippen molar-refractivity contribution in [3.8, 4) is 11.3 Å². The van der Waals surface area contributed by atoms with Gasteiger partial charge in [0.2, 0.25) is 0 Å². The van der Waals surface area contributed by atoms with Gasteiger partial charge in [-0.25, -0.2) is 4.79 Å². The zero-order chi connectivity index (χ0) is 20.5. The first-order valence-electron chi connectivity index (χ1n) is 9.10. The second-order valence-corrected chi connectivity index (χ2v) is 7.41. The van der Waals surface area contributed by atoms with Crippen LogP contribution in [0, 0.1) is 0 Å². The molecular weight excluding hydrogens is 410 g/mol. The largest absolute Gasteiger partial charge is 0.478 e. The van der Waals surface area contributed by atoms with Gasteiger partial charge in [-0.15, -0.1) is 0 Å². The van der Waals surface area contributed by atoms with E-state index in [1.807, 2.05) is 36.1 Å². The minimum atomic E-state index is -1.02. The molecule has 2 aromatic heterocycles. The van der Waals surface area contributed by atoms with Gasteiger partial charge in [0.05, 0.1) is 22.3 Å². The first-order valence-corrected chi connectivity index (χ1v) is 9.89. The van der Waals surface area contributed by atoms with Gasteiger partial charge in [-0.1, -0.05) is 17.7 Å². The lowest BCUT2D eigenvalue weighted by Gasteiger charge is -2.24. The Bertz CT molecular complexity index is 1070. The molecule has 0 aliphatic carbocycles. The second kappa shape index (κ2) is 7.85. The lowest BCUT2D eigenvalue weighted by molar-refractivity contribution is 0.0697. The number of thiocarbonyl (C=S) groups is 1. The number of aromatic carboxylic acids is 1. The van der Waals surface area contributed by atoms with E-state index in [1.54, 1.807) is 18.3 Å². The molecule has 2 N–H and O–H groups in total. The number of nitrogens with one attached hydrogen (secondary N) is 1. The monoisotopic (exact) mass is 427 g/mol. The van der Waals surface area contributed by atoms with Gasteiger partial charge in [-0.05, 0) is 61.6 Å². The first-order chi connectivity index (χ1) is 14.0. The van der Waals surface area contributed by atoms with Gasteiger partial charge in [0.15, 0.2) is 5.11 Å². The predicted octanol–water partition coefficient (Wildman–Crippen LogP) is 4.69. The van der Waals surface area contributed by atoms with Gasteiger partial charge in [0, 0.05) is 18.3 Å². The minimum Gasteiger partial charge on any atom is -0.478 e. The van der Waals surface area contributed by atoms with Crippen molar-refractivity contribution in [2.45, 2.75) is 19.0 Å². The topological polar surface area (TPSA) is 78.6 Å². The predicted molar refractivity (Wildman–Crippen MR) is 114 cm³/mol. The molecule has 29 heavy (non-hydrogen) atoms. The Morgan fingerprint density at radius 2 is 2.14 bits per heavy atom. The SMILES string of the molecule is CCN1C(=S)N[C@@H](c2ccccn2)[C@H]1c1ccc(-c2cc(C(=O)O)ccc2Cl)o1. The molecule has 0 bridgehead atoms. The van der Waals surface area contributed by atoms with Crippen molar-refractivity contribution in [2.24, 2.45) is 0 Å². The summed E-state index contributed by atoms with van der Waals surface area (Å²) >= 11 is 11.8. The average molecular weight is 428 g/mol. The third-order valence-corrected chi connectivity index (χ3v) is 5.62. The average Bonchev–Trinajstić information content (AvgIpc) is 3.32. The minimum absolute atomic E-state index is 0.146. The van der Waals surface area contributed by atoms with E-state index in [2.05, 4.69) is 10.3 Å². The fourth-order valence-corrected chi connectivity index (χ4v) is 4.14. The van der Waals surface area contributed by atoms with Crippen LogP contribution < -0.4 is 5.32 Å². The number of carboxylic acid groups (broad SMARTS) is 1. The summed E-state index contributed by atoms with van der Waals surface area (Å²) in [5, 5.41) is 13.7. The summed E-state index contributed by atoms with van der Waals surface area (Å²) in [4.78, 5) is 17.8. The Morgan fingerprint density at radius 1 is 1.31 bits per heavy atom. The summed E-state index contributed by atoms with van der Waals surface area (Å²) in [6.45, 7) is 2.73. The molecule has 1 aliphatic heterocycles. The fourth-order valence-electron chi connectivity index (χ4n) is 3.56. The van der Waals surface area contributed by atoms with Gasteiger partial charge in [-0.2, -0.15) is 0 Å². The number of furan rings is 1. The molecule has 148 valence electrons. The van der Waals surface area contributed by atoms with E-state index in [0.717, 1.165) is 5.69 Å². The number of carbonyl (C=O) groups is 1. The lowest BCUT2D eigenvalue weighted by atomic mass is 10.0. The number of halogens is 1. The number of pyridine rings is 1. The van der Waals surface area contributed by atoms with Crippen molar-refractivity contribution in [3.05, 3.63) is 76.8 Å². The number of carboxylic acids is 1. The molecule has 3 aromatic rings. The molecule has 3 heterocycles. The quantitative estimate of drug-likeness (QED) is 0.572. The van der Waals surface area contributed by atoms with Crippen LogP contribution in [0.2, 0.25) is 5.02 Å². The highest BCUT2D eigenvalue weighted by atomic mass is 35.5. The molecule has 1 saturated heterocycles. The van der Waals surface area contributed by atoms with Crippen LogP contribution >= 0.6 is 23.8 Å². The highest BCUT2D eigenvalue weighted by Crippen LogP contribution is 2.41. The molecule has 0 amide bonds. The van der Waals surface area contributed by atoms with E-state index in [9.17, 15) is 9.90 Å². The summed E-state index contributed by atoms with van der Waals surface area (Å²) in [5.74, 6) is 0.177. The normalized spacial score (nSPS) is 18.7. The maximum absolute atomic E-state index is 11.3. The number of hydrogen-bond acceptors (Lipinski definition) is 4. The summed E-state index contributed by atoms with van der Waals surface area (Å²) in [5.41, 5.74) is 1.54. The van der Waals surface area contributed by atoms with Crippen LogP contribution in [0.25, 0.3) is 11.3 Å². The van der Waals surface area contributed by atoms with E-state index in [1.165, 1.54) is 12.1 Å².